The molecule has 0 aliphatic rings. The molecule has 0 atom stereocenters. The largest absolute Gasteiger partial charge is 0.382 e. The highest BCUT2D eigenvalue weighted by atomic mass is 35.5. The van der Waals surface area contributed by atoms with E-state index in [0.717, 1.165) is 0 Å². The summed E-state index contributed by atoms with van der Waals surface area (Å²) < 4.78 is 14.6. The second-order valence-electron chi connectivity index (χ2n) is 5.06. The number of anilines is 1. The average Bonchev–Trinajstić information content (AvgIpc) is 2.53. The van der Waals surface area contributed by atoms with Crippen molar-refractivity contribution in [2.24, 2.45) is 0 Å². The second-order valence-corrected chi connectivity index (χ2v) is 5.84. The number of hydrogen-bond donors (Lipinski definition) is 2. The predicted molar refractivity (Wildman–Crippen MR) is 91.2 cm³/mol. The number of halogens is 3. The molecule has 24 heavy (non-hydrogen) atoms. The molecule has 0 unspecified atom stereocenters. The zero-order chi connectivity index (χ0) is 17.3. The fourth-order valence-electron chi connectivity index (χ4n) is 2.24. The molecule has 1 heterocycles. The van der Waals surface area contributed by atoms with Gasteiger partial charge < -0.3 is 5.73 Å². The standard InChI is InChI=1S/C16H12Cl2FN5/c17-12-6-2-5-11(13(12)18)14-15(20)22-16(21)24(23-14)8-9-3-1-4-10(19)7-9/h1-7H,8H2,(H3,20,21,22). The third-order valence-electron chi connectivity index (χ3n) is 3.36. The summed E-state index contributed by atoms with van der Waals surface area (Å²) in [5.41, 5.74) is 7.23. The van der Waals surface area contributed by atoms with Crippen molar-refractivity contribution in [1.82, 2.24) is 14.8 Å². The van der Waals surface area contributed by atoms with E-state index in [9.17, 15) is 4.39 Å². The lowest BCUT2D eigenvalue weighted by Gasteiger charge is -2.11. The Hall–Kier alpha value is -2.44. The molecule has 0 spiro atoms. The van der Waals surface area contributed by atoms with E-state index in [0.29, 0.717) is 26.9 Å². The van der Waals surface area contributed by atoms with Crippen LogP contribution in [0.15, 0.2) is 42.5 Å². The van der Waals surface area contributed by atoms with E-state index < -0.39 is 0 Å². The minimum atomic E-state index is -0.360. The molecule has 0 saturated heterocycles. The summed E-state index contributed by atoms with van der Waals surface area (Å²) in [5, 5.41) is 12.9. The topological polar surface area (TPSA) is 80.6 Å². The van der Waals surface area contributed by atoms with Crippen LogP contribution in [0.1, 0.15) is 5.56 Å². The van der Waals surface area contributed by atoms with E-state index in [2.05, 4.69) is 10.1 Å². The Kier molecular flexibility index (Phi) is 4.51. The molecule has 0 aliphatic carbocycles. The van der Waals surface area contributed by atoms with Crippen molar-refractivity contribution in [2.75, 3.05) is 5.73 Å². The minimum Gasteiger partial charge on any atom is -0.382 e. The number of hydrogen-bond acceptors (Lipinski definition) is 4. The van der Waals surface area contributed by atoms with Crippen molar-refractivity contribution in [1.29, 1.82) is 5.41 Å². The van der Waals surface area contributed by atoms with Gasteiger partial charge >= 0.3 is 0 Å². The average molecular weight is 364 g/mol. The smallest absolute Gasteiger partial charge is 0.241 e. The van der Waals surface area contributed by atoms with Crippen LogP contribution >= 0.6 is 23.2 Å². The molecular weight excluding hydrogens is 352 g/mol. The number of aromatic nitrogens is 3. The monoisotopic (exact) mass is 363 g/mol. The van der Waals surface area contributed by atoms with E-state index in [1.54, 1.807) is 30.3 Å². The van der Waals surface area contributed by atoms with Crippen molar-refractivity contribution in [3.8, 4) is 11.3 Å². The molecule has 2 aromatic carbocycles. The Bertz CT molecular complexity index is 971. The molecule has 0 bridgehead atoms. The van der Waals surface area contributed by atoms with Gasteiger partial charge in [0, 0.05) is 5.56 Å². The van der Waals surface area contributed by atoms with E-state index in [-0.39, 0.29) is 23.8 Å². The highest BCUT2D eigenvalue weighted by Crippen LogP contribution is 2.33. The molecule has 3 N–H and O–H groups in total. The molecule has 122 valence electrons. The van der Waals surface area contributed by atoms with E-state index in [1.807, 2.05) is 0 Å². The van der Waals surface area contributed by atoms with Gasteiger partial charge in [0.15, 0.2) is 5.82 Å². The quantitative estimate of drug-likeness (QED) is 0.747. The summed E-state index contributed by atoms with van der Waals surface area (Å²) in [7, 11) is 0. The summed E-state index contributed by atoms with van der Waals surface area (Å²) in [6, 6.07) is 11.1. The normalized spacial score (nSPS) is 10.8. The summed E-state index contributed by atoms with van der Waals surface area (Å²) in [6.07, 6.45) is 0. The van der Waals surface area contributed by atoms with Crippen LogP contribution in [-0.4, -0.2) is 14.8 Å². The maximum absolute atomic E-state index is 13.3. The van der Waals surface area contributed by atoms with E-state index in [4.69, 9.17) is 34.3 Å². The molecule has 8 heteroatoms. The number of nitrogens with one attached hydrogen (secondary N) is 1. The van der Waals surface area contributed by atoms with Crippen LogP contribution in [0.3, 0.4) is 0 Å². The molecule has 3 aromatic rings. The van der Waals surface area contributed by atoms with Gasteiger partial charge in [-0.3, -0.25) is 5.41 Å². The Morgan fingerprint density at radius 1 is 1.17 bits per heavy atom. The summed E-state index contributed by atoms with van der Waals surface area (Å²) in [6.45, 7) is 0.176. The van der Waals surface area contributed by atoms with Crippen molar-refractivity contribution in [2.45, 2.75) is 6.54 Å². The predicted octanol–water partition coefficient (Wildman–Crippen LogP) is 3.50. The van der Waals surface area contributed by atoms with Gasteiger partial charge in [-0.05, 0) is 23.8 Å². The maximum Gasteiger partial charge on any atom is 0.241 e. The van der Waals surface area contributed by atoms with Crippen molar-refractivity contribution < 1.29 is 4.39 Å². The van der Waals surface area contributed by atoms with Gasteiger partial charge in [-0.15, -0.1) is 0 Å². The van der Waals surface area contributed by atoms with E-state index >= 15 is 0 Å². The molecule has 0 amide bonds. The van der Waals surface area contributed by atoms with Crippen molar-refractivity contribution in [3.05, 3.63) is 69.5 Å². The van der Waals surface area contributed by atoms with Crippen LogP contribution in [0.5, 0.6) is 0 Å². The van der Waals surface area contributed by atoms with Gasteiger partial charge in [0.2, 0.25) is 5.62 Å². The Morgan fingerprint density at radius 3 is 2.67 bits per heavy atom. The molecule has 1 aromatic heterocycles. The van der Waals surface area contributed by atoms with Gasteiger partial charge in [0.05, 0.1) is 16.6 Å². The third kappa shape index (κ3) is 3.25. The molecule has 5 nitrogen and oxygen atoms in total. The lowest BCUT2D eigenvalue weighted by molar-refractivity contribution is 0.587. The molecule has 0 saturated carbocycles. The first kappa shape index (κ1) is 16.4. The van der Waals surface area contributed by atoms with Crippen LogP contribution in [0.2, 0.25) is 10.0 Å². The van der Waals surface area contributed by atoms with Gasteiger partial charge in [-0.25, -0.2) is 9.07 Å². The zero-order valence-corrected chi connectivity index (χ0v) is 13.8. The number of nitrogens with two attached hydrogens (primary N) is 1. The second kappa shape index (κ2) is 6.59. The minimum absolute atomic E-state index is 0.0691. The summed E-state index contributed by atoms with van der Waals surface area (Å²) in [4.78, 5) is 3.99. The van der Waals surface area contributed by atoms with Crippen LogP contribution in [0.4, 0.5) is 10.2 Å². The first-order valence-corrected chi connectivity index (χ1v) is 7.69. The van der Waals surface area contributed by atoms with Gasteiger partial charge in [0.25, 0.3) is 0 Å². The lowest BCUT2D eigenvalue weighted by atomic mass is 10.1. The number of rotatable bonds is 3. The van der Waals surface area contributed by atoms with Gasteiger partial charge in [0.1, 0.15) is 11.5 Å². The van der Waals surface area contributed by atoms with Crippen LogP contribution in [0.25, 0.3) is 11.3 Å². The van der Waals surface area contributed by atoms with Gasteiger partial charge in [-0.1, -0.05) is 47.5 Å². The van der Waals surface area contributed by atoms with Crippen LogP contribution < -0.4 is 11.4 Å². The van der Waals surface area contributed by atoms with Crippen LogP contribution in [-0.2, 0) is 6.54 Å². The third-order valence-corrected chi connectivity index (χ3v) is 4.18. The SMILES string of the molecule is N=c1nc(N)c(-c2cccc(Cl)c2Cl)nn1Cc1cccc(F)c1. The Balaban J connectivity index is 2.09. The number of benzene rings is 2. The summed E-state index contributed by atoms with van der Waals surface area (Å²) >= 11 is 12.2. The van der Waals surface area contributed by atoms with Crippen LogP contribution in [0, 0.1) is 11.2 Å². The Morgan fingerprint density at radius 2 is 1.92 bits per heavy atom. The fourth-order valence-corrected chi connectivity index (χ4v) is 2.63. The fraction of sp³-hybridized carbons (Fsp3) is 0.0625. The summed E-state index contributed by atoms with van der Waals surface area (Å²) in [5.74, 6) is -0.291. The number of nitrogens with zero attached hydrogens (tertiary/aromatic N) is 3. The van der Waals surface area contributed by atoms with Crippen molar-refractivity contribution >= 4 is 29.0 Å². The maximum atomic E-state index is 13.3. The molecule has 0 fully saturated rings. The first-order chi connectivity index (χ1) is 11.5. The highest BCUT2D eigenvalue weighted by Gasteiger charge is 2.14. The highest BCUT2D eigenvalue weighted by molar-refractivity contribution is 6.43. The number of nitrogen functional groups attached to an aromatic ring is 1. The molecule has 0 aliphatic heterocycles. The molecule has 0 radical (unpaired) electrons. The molecule has 3 rings (SSSR count). The van der Waals surface area contributed by atoms with Gasteiger partial charge in [-0.2, -0.15) is 10.1 Å². The zero-order valence-electron chi connectivity index (χ0n) is 12.3. The van der Waals surface area contributed by atoms with E-state index in [1.165, 1.54) is 16.8 Å². The first-order valence-electron chi connectivity index (χ1n) is 6.94. The van der Waals surface area contributed by atoms with Crippen molar-refractivity contribution in [3.63, 3.8) is 0 Å². The molecular formula is C16H12Cl2FN5. The Labute approximate surface area is 147 Å². The lowest BCUT2D eigenvalue weighted by Crippen LogP contribution is -2.28.